The lowest BCUT2D eigenvalue weighted by atomic mass is 10.4. The topological polar surface area (TPSA) is 59.8 Å². The first-order chi connectivity index (χ1) is 8.65. The van der Waals surface area contributed by atoms with Crippen LogP contribution in [0.25, 0.3) is 0 Å². The Morgan fingerprint density at radius 1 is 1.50 bits per heavy atom. The smallest absolute Gasteiger partial charge is 0.236 e. The van der Waals surface area contributed by atoms with Crippen LogP contribution in [0.5, 0.6) is 0 Å². The number of carbonyl (C=O) groups is 1. The number of thioether (sulfide) groups is 1. The molecule has 94 valence electrons. The number of hydrogen-bond acceptors (Lipinski definition) is 4. The van der Waals surface area contributed by atoms with E-state index >= 15 is 0 Å². The summed E-state index contributed by atoms with van der Waals surface area (Å²) in [5.41, 5.74) is 0. The fourth-order valence-electron chi connectivity index (χ4n) is 1.25. The third-order valence-electron chi connectivity index (χ3n) is 2.10. The molecule has 0 aliphatic rings. The van der Waals surface area contributed by atoms with Crippen molar-refractivity contribution in [2.75, 3.05) is 11.1 Å². The van der Waals surface area contributed by atoms with Gasteiger partial charge < -0.3 is 9.88 Å². The van der Waals surface area contributed by atoms with Gasteiger partial charge in [-0.15, -0.1) is 0 Å². The molecular formula is C11H11BrN4OS. The van der Waals surface area contributed by atoms with Crippen LogP contribution in [0.2, 0.25) is 0 Å². The van der Waals surface area contributed by atoms with Crippen LogP contribution in [-0.4, -0.2) is 26.2 Å². The zero-order valence-electron chi connectivity index (χ0n) is 9.63. The van der Waals surface area contributed by atoms with E-state index in [0.717, 1.165) is 9.63 Å². The molecule has 0 bridgehead atoms. The van der Waals surface area contributed by atoms with E-state index < -0.39 is 0 Å². The van der Waals surface area contributed by atoms with Crippen molar-refractivity contribution in [3.8, 4) is 0 Å². The molecule has 2 rings (SSSR count). The van der Waals surface area contributed by atoms with Crippen LogP contribution in [0, 0.1) is 0 Å². The molecule has 2 heterocycles. The second kappa shape index (κ2) is 6.01. The Kier molecular flexibility index (Phi) is 4.38. The summed E-state index contributed by atoms with van der Waals surface area (Å²) in [6.07, 6.45) is 5.19. The Labute approximate surface area is 117 Å². The summed E-state index contributed by atoms with van der Waals surface area (Å²) in [5.74, 6) is 0.754. The Hall–Kier alpha value is -1.34. The van der Waals surface area contributed by atoms with E-state index in [1.165, 1.54) is 11.8 Å². The zero-order valence-corrected chi connectivity index (χ0v) is 12.0. The second-order valence-corrected chi connectivity index (χ2v) is 5.38. The Morgan fingerprint density at radius 2 is 2.33 bits per heavy atom. The van der Waals surface area contributed by atoms with Crippen LogP contribution in [-0.2, 0) is 11.8 Å². The van der Waals surface area contributed by atoms with E-state index in [2.05, 4.69) is 31.2 Å². The quantitative estimate of drug-likeness (QED) is 0.876. The van der Waals surface area contributed by atoms with E-state index in [0.29, 0.717) is 11.6 Å². The number of imidazole rings is 1. The average Bonchev–Trinajstić information content (AvgIpc) is 2.75. The first-order valence-electron chi connectivity index (χ1n) is 5.16. The second-order valence-electron chi connectivity index (χ2n) is 3.52. The number of halogens is 1. The van der Waals surface area contributed by atoms with Gasteiger partial charge in [-0.2, -0.15) is 0 Å². The third kappa shape index (κ3) is 3.58. The highest BCUT2D eigenvalue weighted by atomic mass is 79.9. The molecule has 0 atom stereocenters. The molecule has 0 saturated heterocycles. The normalized spacial score (nSPS) is 10.3. The summed E-state index contributed by atoms with van der Waals surface area (Å²) in [6, 6.07) is 3.57. The molecular weight excluding hydrogens is 316 g/mol. The minimum atomic E-state index is -0.0992. The number of pyridine rings is 1. The molecule has 2 aromatic rings. The van der Waals surface area contributed by atoms with Crippen molar-refractivity contribution in [3.63, 3.8) is 0 Å². The van der Waals surface area contributed by atoms with Gasteiger partial charge in [0.2, 0.25) is 5.91 Å². The van der Waals surface area contributed by atoms with Crippen molar-refractivity contribution < 1.29 is 4.79 Å². The first-order valence-corrected chi connectivity index (χ1v) is 6.94. The molecule has 2 aromatic heterocycles. The molecule has 0 aromatic carbocycles. The monoisotopic (exact) mass is 326 g/mol. The summed E-state index contributed by atoms with van der Waals surface area (Å²) in [7, 11) is 1.89. The number of nitrogens with one attached hydrogen (secondary N) is 1. The number of aromatic nitrogens is 3. The number of carbonyl (C=O) groups excluding carboxylic acids is 1. The number of rotatable bonds is 4. The van der Waals surface area contributed by atoms with E-state index in [4.69, 9.17) is 0 Å². The molecule has 0 radical (unpaired) electrons. The van der Waals surface area contributed by atoms with Crippen molar-refractivity contribution in [1.82, 2.24) is 14.5 Å². The molecule has 0 fully saturated rings. The van der Waals surface area contributed by atoms with E-state index in [-0.39, 0.29) is 5.91 Å². The lowest BCUT2D eigenvalue weighted by Crippen LogP contribution is -2.15. The van der Waals surface area contributed by atoms with Gasteiger partial charge in [0.05, 0.1) is 5.75 Å². The summed E-state index contributed by atoms with van der Waals surface area (Å²) in [6.45, 7) is 0. The molecule has 18 heavy (non-hydrogen) atoms. The highest BCUT2D eigenvalue weighted by molar-refractivity contribution is 9.10. The standard InChI is InChI=1S/C11H11BrN4OS/c1-16-5-4-13-11(16)18-7-10(17)15-9-3-2-8(12)6-14-9/h2-6H,7H2,1H3,(H,14,15,17). The van der Waals surface area contributed by atoms with E-state index in [1.54, 1.807) is 18.5 Å². The summed E-state index contributed by atoms with van der Waals surface area (Å²) in [5, 5.41) is 3.54. The number of nitrogens with zero attached hydrogens (tertiary/aromatic N) is 3. The maximum Gasteiger partial charge on any atom is 0.236 e. The zero-order chi connectivity index (χ0) is 13.0. The number of hydrogen-bond donors (Lipinski definition) is 1. The lowest BCUT2D eigenvalue weighted by Gasteiger charge is -2.04. The highest BCUT2D eigenvalue weighted by Gasteiger charge is 2.06. The molecule has 0 unspecified atom stereocenters. The molecule has 1 amide bonds. The van der Waals surface area contributed by atoms with Gasteiger partial charge in [-0.3, -0.25) is 4.79 Å². The van der Waals surface area contributed by atoms with Gasteiger partial charge in [0, 0.05) is 30.1 Å². The third-order valence-corrected chi connectivity index (χ3v) is 3.63. The predicted octanol–water partition coefficient (Wildman–Crippen LogP) is 2.31. The maximum atomic E-state index is 11.7. The van der Waals surface area contributed by atoms with E-state index in [9.17, 15) is 4.79 Å². The summed E-state index contributed by atoms with van der Waals surface area (Å²) < 4.78 is 2.75. The van der Waals surface area contributed by atoms with Crippen LogP contribution in [0.4, 0.5) is 5.82 Å². The van der Waals surface area contributed by atoms with Gasteiger partial charge in [-0.1, -0.05) is 11.8 Å². The minimum absolute atomic E-state index is 0.0992. The van der Waals surface area contributed by atoms with Crippen molar-refractivity contribution >= 4 is 39.4 Å². The van der Waals surface area contributed by atoms with Gasteiger partial charge in [0.15, 0.2) is 5.16 Å². The van der Waals surface area contributed by atoms with Gasteiger partial charge in [0.1, 0.15) is 5.82 Å². The summed E-state index contributed by atoms with van der Waals surface area (Å²) in [4.78, 5) is 19.9. The average molecular weight is 327 g/mol. The van der Waals surface area contributed by atoms with Gasteiger partial charge in [0.25, 0.3) is 0 Å². The molecule has 0 saturated carbocycles. The number of anilines is 1. The van der Waals surface area contributed by atoms with Crippen LogP contribution >= 0.6 is 27.7 Å². The molecule has 1 N–H and O–H groups in total. The maximum absolute atomic E-state index is 11.7. The Morgan fingerprint density at radius 3 is 2.94 bits per heavy atom. The Balaban J connectivity index is 1.86. The summed E-state index contributed by atoms with van der Waals surface area (Å²) >= 11 is 4.67. The number of aryl methyl sites for hydroxylation is 1. The van der Waals surface area contributed by atoms with Crippen LogP contribution in [0.1, 0.15) is 0 Å². The first kappa shape index (κ1) is 13.1. The lowest BCUT2D eigenvalue weighted by molar-refractivity contribution is -0.113. The van der Waals surface area contributed by atoms with Crippen LogP contribution in [0.3, 0.4) is 0 Å². The molecule has 5 nitrogen and oxygen atoms in total. The fraction of sp³-hybridized carbons (Fsp3) is 0.182. The van der Waals surface area contributed by atoms with Crippen molar-refractivity contribution in [1.29, 1.82) is 0 Å². The molecule has 0 spiro atoms. The molecule has 7 heteroatoms. The van der Waals surface area contributed by atoms with E-state index in [1.807, 2.05) is 23.9 Å². The van der Waals surface area contributed by atoms with Crippen LogP contribution in [0.15, 0.2) is 40.4 Å². The largest absolute Gasteiger partial charge is 0.329 e. The van der Waals surface area contributed by atoms with Gasteiger partial charge >= 0.3 is 0 Å². The fourth-order valence-corrected chi connectivity index (χ4v) is 2.22. The van der Waals surface area contributed by atoms with Crippen molar-refractivity contribution in [2.45, 2.75) is 5.16 Å². The van der Waals surface area contributed by atoms with Gasteiger partial charge in [-0.25, -0.2) is 9.97 Å². The van der Waals surface area contributed by atoms with Crippen LogP contribution < -0.4 is 5.32 Å². The molecule has 0 aliphatic heterocycles. The van der Waals surface area contributed by atoms with Crippen molar-refractivity contribution in [2.24, 2.45) is 7.05 Å². The minimum Gasteiger partial charge on any atom is -0.329 e. The highest BCUT2D eigenvalue weighted by Crippen LogP contribution is 2.15. The SMILES string of the molecule is Cn1ccnc1SCC(=O)Nc1ccc(Br)cn1. The Bertz CT molecular complexity index is 540. The number of amides is 1. The molecule has 0 aliphatic carbocycles. The predicted molar refractivity (Wildman–Crippen MR) is 74.5 cm³/mol. The van der Waals surface area contributed by atoms with Crippen molar-refractivity contribution in [3.05, 3.63) is 35.2 Å². The van der Waals surface area contributed by atoms with Gasteiger partial charge in [-0.05, 0) is 28.1 Å².